The van der Waals surface area contributed by atoms with Crippen molar-refractivity contribution >= 4 is 11.8 Å². The molecule has 0 aliphatic heterocycles. The van der Waals surface area contributed by atoms with Crippen LogP contribution in [0.3, 0.4) is 0 Å². The number of hydrogen-bond acceptors (Lipinski definition) is 3. The molecule has 0 bridgehead atoms. The van der Waals surface area contributed by atoms with Crippen LogP contribution in [-0.4, -0.2) is 22.5 Å². The van der Waals surface area contributed by atoms with Gasteiger partial charge in [-0.1, -0.05) is 31.4 Å². The number of aliphatic hydroxyl groups is 1. The van der Waals surface area contributed by atoms with E-state index in [1.807, 2.05) is 11.8 Å². The Kier molecular flexibility index (Phi) is 5.03. The summed E-state index contributed by atoms with van der Waals surface area (Å²) in [5.41, 5.74) is 1.36. The van der Waals surface area contributed by atoms with E-state index < -0.39 is 0 Å². The van der Waals surface area contributed by atoms with Crippen molar-refractivity contribution in [1.29, 1.82) is 0 Å². The maximum atomic E-state index is 10.2. The monoisotopic (exact) mass is 291 g/mol. The first kappa shape index (κ1) is 14.4. The molecule has 2 atom stereocenters. The van der Waals surface area contributed by atoms with Crippen molar-refractivity contribution in [1.82, 2.24) is 5.32 Å². The molecule has 1 aromatic rings. The lowest BCUT2D eigenvalue weighted by Gasteiger charge is -2.19. The molecule has 2 N–H and O–H groups in total. The SMILES string of the molecule is OC1CCCCCC1Sc1ccc(CNC2CC2)cc1. The van der Waals surface area contributed by atoms with Gasteiger partial charge in [-0.25, -0.2) is 0 Å². The Hall–Kier alpha value is -0.510. The Morgan fingerprint density at radius 2 is 1.75 bits per heavy atom. The summed E-state index contributed by atoms with van der Waals surface area (Å²) < 4.78 is 0. The van der Waals surface area contributed by atoms with Crippen LogP contribution in [-0.2, 0) is 6.54 Å². The molecule has 2 unspecified atom stereocenters. The van der Waals surface area contributed by atoms with Crippen LogP contribution in [0.2, 0.25) is 0 Å². The Balaban J connectivity index is 1.53. The topological polar surface area (TPSA) is 32.3 Å². The van der Waals surface area contributed by atoms with Crippen LogP contribution in [0.25, 0.3) is 0 Å². The molecular weight excluding hydrogens is 266 g/mol. The van der Waals surface area contributed by atoms with E-state index in [4.69, 9.17) is 0 Å². The number of nitrogens with one attached hydrogen (secondary N) is 1. The van der Waals surface area contributed by atoms with Gasteiger partial charge in [-0.2, -0.15) is 0 Å². The summed E-state index contributed by atoms with van der Waals surface area (Å²) in [5.74, 6) is 0. The van der Waals surface area contributed by atoms with E-state index >= 15 is 0 Å². The third-order valence-electron chi connectivity index (χ3n) is 4.30. The second-order valence-electron chi connectivity index (χ2n) is 6.16. The summed E-state index contributed by atoms with van der Waals surface area (Å²) in [6.07, 6.45) is 8.40. The number of aliphatic hydroxyl groups excluding tert-OH is 1. The molecular formula is C17H25NOS. The zero-order chi connectivity index (χ0) is 13.8. The van der Waals surface area contributed by atoms with Gasteiger partial charge in [0.15, 0.2) is 0 Å². The van der Waals surface area contributed by atoms with Crippen molar-refractivity contribution in [3.05, 3.63) is 29.8 Å². The average Bonchev–Trinajstić information content (AvgIpc) is 3.29. The van der Waals surface area contributed by atoms with Crippen LogP contribution in [0.4, 0.5) is 0 Å². The molecule has 3 heteroatoms. The van der Waals surface area contributed by atoms with Gasteiger partial charge in [0.05, 0.1) is 6.10 Å². The van der Waals surface area contributed by atoms with Gasteiger partial charge in [0.1, 0.15) is 0 Å². The quantitative estimate of drug-likeness (QED) is 0.811. The zero-order valence-corrected chi connectivity index (χ0v) is 12.9. The highest BCUT2D eigenvalue weighted by Gasteiger charge is 2.22. The largest absolute Gasteiger partial charge is 0.392 e. The molecule has 2 aliphatic carbocycles. The van der Waals surface area contributed by atoms with E-state index in [1.54, 1.807) is 0 Å². The van der Waals surface area contributed by atoms with E-state index in [0.29, 0.717) is 5.25 Å². The van der Waals surface area contributed by atoms with Crippen LogP contribution in [0.15, 0.2) is 29.2 Å². The summed E-state index contributed by atoms with van der Waals surface area (Å²) in [6.45, 7) is 0.988. The number of benzene rings is 1. The molecule has 0 saturated heterocycles. The molecule has 0 aromatic heterocycles. The van der Waals surface area contributed by atoms with Crippen molar-refractivity contribution in [2.45, 2.75) is 73.8 Å². The smallest absolute Gasteiger partial charge is 0.0662 e. The highest BCUT2D eigenvalue weighted by Crippen LogP contribution is 2.33. The lowest BCUT2D eigenvalue weighted by Crippen LogP contribution is -2.21. The van der Waals surface area contributed by atoms with Gasteiger partial charge in [-0.05, 0) is 43.4 Å². The molecule has 2 fully saturated rings. The third-order valence-corrected chi connectivity index (χ3v) is 5.70. The lowest BCUT2D eigenvalue weighted by molar-refractivity contribution is 0.163. The highest BCUT2D eigenvalue weighted by molar-refractivity contribution is 8.00. The summed E-state index contributed by atoms with van der Waals surface area (Å²) in [6, 6.07) is 9.64. The fourth-order valence-electron chi connectivity index (χ4n) is 2.80. The summed E-state index contributed by atoms with van der Waals surface area (Å²) >= 11 is 1.86. The molecule has 2 aliphatic rings. The van der Waals surface area contributed by atoms with Gasteiger partial charge in [-0.15, -0.1) is 11.8 Å². The minimum absolute atomic E-state index is 0.126. The maximum Gasteiger partial charge on any atom is 0.0662 e. The molecule has 2 nitrogen and oxygen atoms in total. The van der Waals surface area contributed by atoms with Gasteiger partial charge in [0, 0.05) is 22.7 Å². The van der Waals surface area contributed by atoms with Crippen LogP contribution >= 0.6 is 11.8 Å². The molecule has 2 saturated carbocycles. The van der Waals surface area contributed by atoms with Crippen LogP contribution in [0.1, 0.15) is 50.5 Å². The maximum absolute atomic E-state index is 10.2. The number of thioether (sulfide) groups is 1. The first-order valence-electron chi connectivity index (χ1n) is 7.98. The van der Waals surface area contributed by atoms with Gasteiger partial charge in [-0.3, -0.25) is 0 Å². The average molecular weight is 291 g/mol. The number of rotatable bonds is 5. The van der Waals surface area contributed by atoms with Gasteiger partial charge >= 0.3 is 0 Å². The standard InChI is InChI=1S/C17H25NOS/c19-16-4-2-1-3-5-17(16)20-15-10-6-13(7-11-15)12-18-14-8-9-14/h6-7,10-11,14,16-19H,1-5,8-9,12H2. The lowest BCUT2D eigenvalue weighted by atomic mass is 10.1. The molecule has 110 valence electrons. The van der Waals surface area contributed by atoms with E-state index in [2.05, 4.69) is 29.6 Å². The Morgan fingerprint density at radius 3 is 2.50 bits per heavy atom. The Bertz CT molecular complexity index is 416. The van der Waals surface area contributed by atoms with E-state index in [1.165, 1.54) is 42.6 Å². The van der Waals surface area contributed by atoms with Gasteiger partial charge in [0.2, 0.25) is 0 Å². The van der Waals surface area contributed by atoms with Crippen molar-refractivity contribution in [2.75, 3.05) is 0 Å². The van der Waals surface area contributed by atoms with Gasteiger partial charge in [0.25, 0.3) is 0 Å². The zero-order valence-electron chi connectivity index (χ0n) is 12.1. The van der Waals surface area contributed by atoms with Crippen molar-refractivity contribution in [3.8, 4) is 0 Å². The summed E-state index contributed by atoms with van der Waals surface area (Å²) in [4.78, 5) is 1.30. The highest BCUT2D eigenvalue weighted by atomic mass is 32.2. The Morgan fingerprint density at radius 1 is 1.00 bits per heavy atom. The molecule has 1 aromatic carbocycles. The molecule has 0 radical (unpaired) electrons. The van der Waals surface area contributed by atoms with E-state index in [-0.39, 0.29) is 6.10 Å². The molecule has 0 spiro atoms. The van der Waals surface area contributed by atoms with E-state index in [0.717, 1.165) is 25.4 Å². The first-order chi connectivity index (χ1) is 9.81. The molecule has 20 heavy (non-hydrogen) atoms. The fourth-order valence-corrected chi connectivity index (χ4v) is 4.02. The first-order valence-corrected chi connectivity index (χ1v) is 8.86. The fraction of sp³-hybridized carbons (Fsp3) is 0.647. The van der Waals surface area contributed by atoms with Crippen LogP contribution in [0, 0.1) is 0 Å². The van der Waals surface area contributed by atoms with E-state index in [9.17, 15) is 5.11 Å². The molecule has 0 heterocycles. The normalized spacial score (nSPS) is 27.2. The van der Waals surface area contributed by atoms with Crippen LogP contribution < -0.4 is 5.32 Å². The summed E-state index contributed by atoms with van der Waals surface area (Å²) in [5, 5.41) is 14.1. The minimum atomic E-state index is -0.126. The second kappa shape index (κ2) is 6.97. The Labute approximate surface area is 126 Å². The van der Waals surface area contributed by atoms with Gasteiger partial charge < -0.3 is 10.4 Å². The third kappa shape index (κ3) is 4.24. The van der Waals surface area contributed by atoms with Crippen molar-refractivity contribution in [3.63, 3.8) is 0 Å². The molecule has 0 amide bonds. The summed E-state index contributed by atoms with van der Waals surface area (Å²) in [7, 11) is 0. The second-order valence-corrected chi connectivity index (χ2v) is 7.47. The predicted molar refractivity (Wildman–Crippen MR) is 85.0 cm³/mol. The van der Waals surface area contributed by atoms with Crippen LogP contribution in [0.5, 0.6) is 0 Å². The minimum Gasteiger partial charge on any atom is -0.392 e. The number of hydrogen-bond donors (Lipinski definition) is 2. The van der Waals surface area contributed by atoms with Crippen molar-refractivity contribution in [2.24, 2.45) is 0 Å². The predicted octanol–water partition coefficient (Wildman–Crippen LogP) is 3.72. The molecule has 3 rings (SSSR count). The van der Waals surface area contributed by atoms with Crippen molar-refractivity contribution < 1.29 is 5.11 Å².